The number of pyridine rings is 3. The van der Waals surface area contributed by atoms with Gasteiger partial charge in [-0.25, -0.2) is 39.0 Å². The molecule has 64 heavy (non-hydrogen) atoms. The fourth-order valence-electron chi connectivity index (χ4n) is 5.23. The van der Waals surface area contributed by atoms with Crippen LogP contribution in [0.4, 0.5) is 13.2 Å². The van der Waals surface area contributed by atoms with Crippen LogP contribution in [-0.4, -0.2) is 89.8 Å². The zero-order chi connectivity index (χ0) is 45.1. The molecule has 0 amide bonds. The number of hydrogen-bond donors (Lipinski definition) is 1. The van der Waals surface area contributed by atoms with Gasteiger partial charge in [0.15, 0.2) is 17.5 Å². The predicted molar refractivity (Wildman–Crippen MR) is 215 cm³/mol. The van der Waals surface area contributed by atoms with Crippen molar-refractivity contribution in [3.8, 4) is 40.2 Å². The molecule has 0 unspecified atom stereocenters. The van der Waals surface area contributed by atoms with Crippen molar-refractivity contribution < 1.29 is 26.4 Å². The van der Waals surface area contributed by atoms with Crippen LogP contribution in [0.25, 0.3) is 71.0 Å². The molecule has 0 fully saturated rings. The molecule has 0 aliphatic heterocycles. The minimum atomic E-state index is -4.53. The first-order valence-corrected chi connectivity index (χ1v) is 18.1. The summed E-state index contributed by atoms with van der Waals surface area (Å²) in [6.07, 6.45) is 13.0. The van der Waals surface area contributed by atoms with Crippen LogP contribution in [0, 0.1) is 32.1 Å². The zero-order valence-corrected chi connectivity index (χ0v) is 33.2. The smallest absolute Gasteiger partial charge is 0.424 e. The van der Waals surface area contributed by atoms with Crippen LogP contribution >= 0.6 is 0 Å². The molecule has 0 aromatic carbocycles. The fraction of sp³-hybridized carbons (Fsp3) is 0.105. The summed E-state index contributed by atoms with van der Waals surface area (Å²) in [5.41, 5.74) is 2.53. The Labute approximate surface area is 356 Å². The van der Waals surface area contributed by atoms with Gasteiger partial charge in [0.25, 0.3) is 0 Å². The van der Waals surface area contributed by atoms with Gasteiger partial charge in [-0.1, -0.05) is 0 Å². The number of aryl methyl sites for hydroxylation is 3. The number of rotatable bonds is 9. The summed E-state index contributed by atoms with van der Waals surface area (Å²) in [6, 6.07) is 11.1. The average Bonchev–Trinajstić information content (AvgIpc) is 4.13. The Morgan fingerprint density at radius 1 is 0.625 bits per heavy atom. The summed E-state index contributed by atoms with van der Waals surface area (Å²) in [7, 11) is 0. The lowest BCUT2D eigenvalue weighted by Crippen LogP contribution is -2.09. The van der Waals surface area contributed by atoms with Crippen molar-refractivity contribution >= 4 is 36.8 Å². The molecule has 9 rings (SSSR count). The molecule has 0 saturated heterocycles. The largest absolute Gasteiger partial charge is 0.433 e. The molecule has 0 saturated carbocycles. The van der Waals surface area contributed by atoms with Crippen LogP contribution in [0.15, 0.2) is 92.6 Å². The Morgan fingerprint density at radius 3 is 1.47 bits per heavy atom. The van der Waals surface area contributed by atoms with Crippen LogP contribution in [0.5, 0.6) is 0 Å². The van der Waals surface area contributed by atoms with Gasteiger partial charge in [-0.3, -0.25) is 4.79 Å². The molecule has 26 heteroatoms. The van der Waals surface area contributed by atoms with Crippen LogP contribution in [-0.2, 0) is 6.18 Å². The van der Waals surface area contributed by atoms with E-state index in [4.69, 9.17) is 18.5 Å². The Bertz CT molecular complexity index is 3140. The Morgan fingerprint density at radius 2 is 1.06 bits per heavy atom. The number of nitrogens with one attached hydrogen (secondary N) is 1. The number of H-pyrrole nitrogens is 1. The summed E-state index contributed by atoms with van der Waals surface area (Å²) in [6.45, 7) is 5.10. The predicted octanol–water partition coefficient (Wildman–Crippen LogP) is 5.16. The van der Waals surface area contributed by atoms with Crippen LogP contribution in [0.3, 0.4) is 0 Å². The summed E-state index contributed by atoms with van der Waals surface area (Å²) in [5, 5.41) is 43.2. The number of aromatic nitrogens is 18. The van der Waals surface area contributed by atoms with E-state index in [9.17, 15) is 18.0 Å². The highest BCUT2D eigenvalue weighted by Gasteiger charge is 2.33. The van der Waals surface area contributed by atoms with E-state index in [-0.39, 0.29) is 28.5 Å². The maximum absolute atomic E-state index is 12.8. The molecule has 1 N–H and O–H groups in total. The lowest BCUT2D eigenvalue weighted by molar-refractivity contribution is -0.141. The molecule has 0 atom stereocenters. The highest BCUT2D eigenvalue weighted by molar-refractivity contribution is 5.60. The molecule has 9 aromatic heterocycles. The number of aromatic amines is 1. The highest BCUT2D eigenvalue weighted by atomic mass is 19.4. The minimum absolute atomic E-state index is 0.149. The molecular weight excluding hydrogens is 844 g/mol. The monoisotopic (exact) mass is 871 g/mol. The minimum Gasteiger partial charge on any atom is -0.424 e. The topological polar surface area (TPSA) is 291 Å². The molecule has 0 radical (unpaired) electrons. The van der Waals surface area contributed by atoms with Crippen molar-refractivity contribution in [1.82, 2.24) is 89.8 Å². The third kappa shape index (κ3) is 11.7. The van der Waals surface area contributed by atoms with Gasteiger partial charge in [-0.2, -0.15) is 18.4 Å². The fourth-order valence-corrected chi connectivity index (χ4v) is 5.23. The molecule has 320 valence electrons. The highest BCUT2D eigenvalue weighted by Crippen LogP contribution is 2.30. The second kappa shape index (κ2) is 19.3. The maximum Gasteiger partial charge on any atom is 0.433 e. The van der Waals surface area contributed by atoms with E-state index in [1.807, 2.05) is 25.1 Å². The number of nitrogens with zero attached hydrogens (tertiary/aromatic N) is 18. The van der Waals surface area contributed by atoms with Gasteiger partial charge < -0.3 is 18.2 Å². The number of halogens is 3. The van der Waals surface area contributed by atoms with E-state index in [0.29, 0.717) is 34.7 Å². The first kappa shape index (κ1) is 42.7. The van der Waals surface area contributed by atoms with Crippen LogP contribution < -0.4 is 5.56 Å². The third-order valence-electron chi connectivity index (χ3n) is 7.83. The van der Waals surface area contributed by atoms with E-state index < -0.39 is 11.9 Å². The average molecular weight is 872 g/mol. The van der Waals surface area contributed by atoms with Crippen molar-refractivity contribution in [2.75, 3.05) is 0 Å². The van der Waals surface area contributed by atoms with Crippen LogP contribution in [0.1, 0.15) is 46.1 Å². The quantitative estimate of drug-likeness (QED) is 0.196. The van der Waals surface area contributed by atoms with E-state index in [1.54, 1.807) is 43.9 Å². The second-order valence-electron chi connectivity index (χ2n) is 12.7. The number of hydrogen-bond acceptors (Lipinski definition) is 19. The Balaban J connectivity index is 0.000000144. The van der Waals surface area contributed by atoms with Crippen LogP contribution in [0.2, 0.25) is 0 Å². The normalized spacial score (nSPS) is 11.5. The van der Waals surface area contributed by atoms with E-state index in [1.165, 1.54) is 77.2 Å². The standard InChI is InChI=1S/C13H9F3N6O.C13H9N7O.C12H10N6O2/c1-8-4-9(5-10(19-8)13(14,15)16)12-17-6-22(21-12)3-2-11-20-18-7-23-11;1-9-4-10(5-11(6-14)17-9)13-15-7-20(19-13)3-2-12-18-16-8-21-12;1-8-4-9(5-10(19)15-8)12-13-6-18(17-12)3-2-11-16-14-7-20-11/h2-7H,1H3;2-5,7-8H,1H3;2-7H,1H3,(H,15,19)/b3*3-2-. The maximum atomic E-state index is 12.8. The van der Waals surface area contributed by atoms with Crippen molar-refractivity contribution in [2.45, 2.75) is 26.9 Å². The van der Waals surface area contributed by atoms with Crippen molar-refractivity contribution in [1.29, 1.82) is 5.26 Å². The molecule has 0 aliphatic rings. The molecule has 0 aliphatic carbocycles. The second-order valence-corrected chi connectivity index (χ2v) is 12.7. The van der Waals surface area contributed by atoms with Gasteiger partial charge in [-0.15, -0.1) is 45.9 Å². The molecule has 0 bridgehead atoms. The van der Waals surface area contributed by atoms with Crippen molar-refractivity contribution in [2.24, 2.45) is 0 Å². The SMILES string of the molecule is Cc1cc(-c2ncn(/C=C\c3nnco3)n2)cc(=O)[nH]1.Cc1cc(-c2ncn(/C=C\c3nnco3)n2)cc(C#N)n1.Cc1cc(-c2ncn(/C=C\c3nnco3)n2)cc(C(F)(F)F)n1. The summed E-state index contributed by atoms with van der Waals surface area (Å²) >= 11 is 0. The molecule has 23 nitrogen and oxygen atoms in total. The molecule has 9 aromatic rings. The first-order chi connectivity index (χ1) is 30.9. The number of alkyl halides is 3. The van der Waals surface area contributed by atoms with Gasteiger partial charge in [-0.05, 0) is 51.1 Å². The van der Waals surface area contributed by atoms with Gasteiger partial charge in [0, 0.05) is 76.7 Å². The molecular formula is C38H28F3N19O4. The Kier molecular flexibility index (Phi) is 12.9. The molecule has 9 heterocycles. The third-order valence-corrected chi connectivity index (χ3v) is 7.83. The molecule has 0 spiro atoms. The van der Waals surface area contributed by atoms with Gasteiger partial charge in [0.2, 0.25) is 42.4 Å². The number of nitriles is 1. The van der Waals surface area contributed by atoms with E-state index in [2.05, 4.69) is 75.8 Å². The lowest BCUT2D eigenvalue weighted by Gasteiger charge is -2.07. The summed E-state index contributed by atoms with van der Waals surface area (Å²) < 4.78 is 57.6. The zero-order valence-electron chi connectivity index (χ0n) is 33.2. The summed E-state index contributed by atoms with van der Waals surface area (Å²) in [4.78, 5) is 34.0. The Hall–Kier alpha value is -9.41. The van der Waals surface area contributed by atoms with Crippen molar-refractivity contribution in [3.63, 3.8) is 0 Å². The van der Waals surface area contributed by atoms with Gasteiger partial charge in [0.1, 0.15) is 36.4 Å². The van der Waals surface area contributed by atoms with Gasteiger partial charge >= 0.3 is 6.18 Å². The van der Waals surface area contributed by atoms with Gasteiger partial charge in [0.05, 0.1) is 0 Å². The lowest BCUT2D eigenvalue weighted by atomic mass is 10.2. The van der Waals surface area contributed by atoms with Crippen molar-refractivity contribution in [3.05, 3.63) is 131 Å². The van der Waals surface area contributed by atoms with E-state index >= 15 is 0 Å². The summed E-state index contributed by atoms with van der Waals surface area (Å²) in [5.74, 6) is 2.13. The van der Waals surface area contributed by atoms with E-state index in [0.717, 1.165) is 23.0 Å². The first-order valence-electron chi connectivity index (χ1n) is 18.1.